The summed E-state index contributed by atoms with van der Waals surface area (Å²) in [5.74, 6) is 0.366. The number of rotatable bonds is 4. The molecule has 0 spiro atoms. The maximum absolute atomic E-state index is 12.0. The van der Waals surface area contributed by atoms with Crippen LogP contribution in [0.1, 0.15) is 19.5 Å². The van der Waals surface area contributed by atoms with Crippen molar-refractivity contribution in [2.45, 2.75) is 33.9 Å². The van der Waals surface area contributed by atoms with Crippen LogP contribution in [0.25, 0.3) is 11.2 Å². The molecule has 0 fully saturated rings. The van der Waals surface area contributed by atoms with Gasteiger partial charge < -0.3 is 10.6 Å². The number of likely N-dealkylation sites (N-methyl/N-ethyl adjacent to an activating group) is 1. The first-order chi connectivity index (χ1) is 8.99. The molecule has 2 heterocycles. The minimum absolute atomic E-state index is 0.00926. The zero-order valence-corrected chi connectivity index (χ0v) is 11.8. The van der Waals surface area contributed by atoms with Crippen LogP contribution in [-0.2, 0) is 17.9 Å². The van der Waals surface area contributed by atoms with Gasteiger partial charge in [0.1, 0.15) is 12.1 Å². The van der Waals surface area contributed by atoms with E-state index in [9.17, 15) is 4.79 Å². The van der Waals surface area contributed by atoms with Gasteiger partial charge in [-0.3, -0.25) is 9.36 Å². The number of carbonyl (C=O) groups is 1. The molecule has 2 aromatic rings. The first-order valence-corrected chi connectivity index (χ1v) is 6.42. The van der Waals surface area contributed by atoms with Crippen LogP contribution in [0, 0.1) is 6.92 Å². The van der Waals surface area contributed by atoms with Gasteiger partial charge in [0.2, 0.25) is 11.9 Å². The molecule has 0 radical (unpaired) electrons. The summed E-state index contributed by atoms with van der Waals surface area (Å²) < 4.78 is 3.56. The van der Waals surface area contributed by atoms with Crippen LogP contribution in [0.4, 0.5) is 5.95 Å². The lowest BCUT2D eigenvalue weighted by Crippen LogP contribution is -2.30. The normalized spacial score (nSPS) is 11.2. The fourth-order valence-corrected chi connectivity index (χ4v) is 2.05. The van der Waals surface area contributed by atoms with E-state index in [0.29, 0.717) is 19.0 Å². The fraction of sp³-hybridized carbons (Fsp3) is 0.583. The van der Waals surface area contributed by atoms with Gasteiger partial charge in [-0.25, -0.2) is 9.67 Å². The molecule has 7 nitrogen and oxygen atoms in total. The molecule has 0 aromatic carbocycles. The number of nitrogen functional groups attached to an aromatic ring is 1. The molecule has 0 saturated carbocycles. The summed E-state index contributed by atoms with van der Waals surface area (Å²) in [4.78, 5) is 18.0. The van der Waals surface area contributed by atoms with Crippen molar-refractivity contribution in [3.63, 3.8) is 0 Å². The Labute approximate surface area is 112 Å². The van der Waals surface area contributed by atoms with Gasteiger partial charge in [-0.15, -0.1) is 0 Å². The highest BCUT2D eigenvalue weighted by molar-refractivity contribution is 5.82. The second-order valence-corrected chi connectivity index (χ2v) is 4.54. The topological polar surface area (TPSA) is 82.0 Å². The maximum Gasteiger partial charge on any atom is 0.242 e. The lowest BCUT2D eigenvalue weighted by Gasteiger charge is -2.15. The summed E-state index contributed by atoms with van der Waals surface area (Å²) in [5.41, 5.74) is 8.34. The first kappa shape index (κ1) is 13.4. The molecule has 19 heavy (non-hydrogen) atoms. The molecule has 7 heteroatoms. The number of hydrogen-bond acceptors (Lipinski definition) is 4. The minimum Gasteiger partial charge on any atom is -0.369 e. The standard InChI is InChI=1S/C12H20N6O/c1-5-16(4)9(19)7-17-11-10(14-12(17)13)8(3)15-18(11)6-2/h5-7H2,1-4H3,(H2,13,14). The minimum atomic E-state index is 0.00926. The van der Waals surface area contributed by atoms with Crippen LogP contribution in [0.5, 0.6) is 0 Å². The zero-order chi connectivity index (χ0) is 14.2. The number of aromatic nitrogens is 4. The SMILES string of the molecule is CCN(C)C(=O)Cn1c(N)nc2c(C)nn(CC)c21. The van der Waals surface area contributed by atoms with Crippen LogP contribution in [-0.4, -0.2) is 43.7 Å². The third-order valence-corrected chi connectivity index (χ3v) is 3.32. The van der Waals surface area contributed by atoms with Crippen LogP contribution in [0.15, 0.2) is 0 Å². The van der Waals surface area contributed by atoms with E-state index < -0.39 is 0 Å². The molecule has 104 valence electrons. The van der Waals surface area contributed by atoms with E-state index in [1.54, 1.807) is 16.5 Å². The van der Waals surface area contributed by atoms with E-state index in [0.717, 1.165) is 16.9 Å². The van der Waals surface area contributed by atoms with E-state index >= 15 is 0 Å². The molecule has 2 rings (SSSR count). The Hall–Kier alpha value is -2.05. The van der Waals surface area contributed by atoms with E-state index in [2.05, 4.69) is 10.1 Å². The van der Waals surface area contributed by atoms with Gasteiger partial charge in [-0.1, -0.05) is 0 Å². The number of imidazole rings is 1. The van der Waals surface area contributed by atoms with Crippen molar-refractivity contribution >= 4 is 23.0 Å². The third kappa shape index (κ3) is 2.16. The summed E-state index contributed by atoms with van der Waals surface area (Å²) in [6, 6.07) is 0. The highest BCUT2D eigenvalue weighted by Gasteiger charge is 2.19. The molecule has 0 unspecified atom stereocenters. The lowest BCUT2D eigenvalue weighted by molar-refractivity contribution is -0.130. The summed E-state index contributed by atoms with van der Waals surface area (Å²) in [6.07, 6.45) is 0. The highest BCUT2D eigenvalue weighted by atomic mass is 16.2. The molecular weight excluding hydrogens is 244 g/mol. The van der Waals surface area contributed by atoms with Crippen LogP contribution in [0.2, 0.25) is 0 Å². The van der Waals surface area contributed by atoms with Gasteiger partial charge in [-0.05, 0) is 20.8 Å². The Kier molecular flexibility index (Phi) is 3.46. The van der Waals surface area contributed by atoms with Crippen molar-refractivity contribution in [2.24, 2.45) is 0 Å². The largest absolute Gasteiger partial charge is 0.369 e. The summed E-state index contributed by atoms with van der Waals surface area (Å²) in [7, 11) is 1.77. The van der Waals surface area contributed by atoms with Gasteiger partial charge in [-0.2, -0.15) is 5.10 Å². The summed E-state index contributed by atoms with van der Waals surface area (Å²) >= 11 is 0. The third-order valence-electron chi connectivity index (χ3n) is 3.32. The molecule has 1 amide bonds. The van der Waals surface area contributed by atoms with Gasteiger partial charge in [0, 0.05) is 20.1 Å². The molecule has 0 aliphatic rings. The van der Waals surface area contributed by atoms with Crippen molar-refractivity contribution in [2.75, 3.05) is 19.3 Å². The van der Waals surface area contributed by atoms with Crippen molar-refractivity contribution in [1.82, 2.24) is 24.2 Å². The predicted octanol–water partition coefficient (Wildman–Crippen LogP) is 0.622. The smallest absolute Gasteiger partial charge is 0.242 e. The molecule has 0 bridgehead atoms. The van der Waals surface area contributed by atoms with E-state index in [-0.39, 0.29) is 12.5 Å². The quantitative estimate of drug-likeness (QED) is 0.877. The van der Waals surface area contributed by atoms with Crippen LogP contribution in [0.3, 0.4) is 0 Å². The van der Waals surface area contributed by atoms with E-state index in [1.165, 1.54) is 0 Å². The van der Waals surface area contributed by atoms with E-state index in [1.807, 2.05) is 25.5 Å². The monoisotopic (exact) mass is 264 g/mol. The summed E-state index contributed by atoms with van der Waals surface area (Å²) in [6.45, 7) is 7.41. The molecule has 2 aromatic heterocycles. The molecule has 0 aliphatic carbocycles. The molecular formula is C12H20N6O. The van der Waals surface area contributed by atoms with Crippen LogP contribution >= 0.6 is 0 Å². The van der Waals surface area contributed by atoms with Crippen molar-refractivity contribution in [3.05, 3.63) is 5.69 Å². The summed E-state index contributed by atoms with van der Waals surface area (Å²) in [5, 5.41) is 4.40. The molecule has 0 atom stereocenters. The highest BCUT2D eigenvalue weighted by Crippen LogP contribution is 2.21. The number of hydrogen-bond donors (Lipinski definition) is 1. The van der Waals surface area contributed by atoms with Gasteiger partial charge in [0.05, 0.1) is 5.69 Å². The molecule has 0 saturated heterocycles. The fourth-order valence-electron chi connectivity index (χ4n) is 2.05. The number of carbonyl (C=O) groups excluding carboxylic acids is 1. The van der Waals surface area contributed by atoms with Crippen LogP contribution < -0.4 is 5.73 Å². The number of nitrogens with two attached hydrogens (primary N) is 1. The van der Waals surface area contributed by atoms with Crippen molar-refractivity contribution in [3.8, 4) is 0 Å². The predicted molar refractivity (Wildman–Crippen MR) is 73.7 cm³/mol. The van der Waals surface area contributed by atoms with Crippen molar-refractivity contribution in [1.29, 1.82) is 0 Å². The maximum atomic E-state index is 12.0. The van der Waals surface area contributed by atoms with Crippen molar-refractivity contribution < 1.29 is 4.79 Å². The van der Waals surface area contributed by atoms with Gasteiger partial charge >= 0.3 is 0 Å². The molecule has 2 N–H and O–H groups in total. The lowest BCUT2D eigenvalue weighted by atomic mass is 10.4. The zero-order valence-electron chi connectivity index (χ0n) is 11.8. The average molecular weight is 264 g/mol. The number of anilines is 1. The number of aryl methyl sites for hydroxylation is 2. The number of fused-ring (bicyclic) bond motifs is 1. The van der Waals surface area contributed by atoms with Gasteiger partial charge in [0.15, 0.2) is 5.65 Å². The average Bonchev–Trinajstić information content (AvgIpc) is 2.87. The number of nitrogens with zero attached hydrogens (tertiary/aromatic N) is 5. The Morgan fingerprint density at radius 3 is 2.68 bits per heavy atom. The second-order valence-electron chi connectivity index (χ2n) is 4.54. The molecule has 0 aliphatic heterocycles. The Morgan fingerprint density at radius 2 is 2.11 bits per heavy atom. The van der Waals surface area contributed by atoms with E-state index in [4.69, 9.17) is 5.73 Å². The number of amides is 1. The Balaban J connectivity index is 2.47. The Bertz CT molecular complexity index is 611. The van der Waals surface area contributed by atoms with Gasteiger partial charge in [0.25, 0.3) is 0 Å². The Morgan fingerprint density at radius 1 is 1.42 bits per heavy atom. The first-order valence-electron chi connectivity index (χ1n) is 6.42. The second kappa shape index (κ2) is 4.91.